The fourth-order valence-electron chi connectivity index (χ4n) is 2.27. The molecule has 0 radical (unpaired) electrons. The van der Waals surface area contributed by atoms with Crippen molar-refractivity contribution in [1.82, 2.24) is 4.98 Å². The number of H-pyrrole nitrogens is 1. The highest BCUT2D eigenvalue weighted by atomic mass is 16.5. The summed E-state index contributed by atoms with van der Waals surface area (Å²) >= 11 is 0. The molecule has 0 aliphatic carbocycles. The van der Waals surface area contributed by atoms with Gasteiger partial charge in [-0.3, -0.25) is 0 Å². The molecule has 0 bridgehead atoms. The van der Waals surface area contributed by atoms with Crippen LogP contribution in [0.3, 0.4) is 0 Å². The van der Waals surface area contributed by atoms with E-state index in [4.69, 9.17) is 4.74 Å². The summed E-state index contributed by atoms with van der Waals surface area (Å²) < 4.78 is 5.08. The zero-order valence-electron chi connectivity index (χ0n) is 12.6. The summed E-state index contributed by atoms with van der Waals surface area (Å²) in [5, 5.41) is 11.0. The van der Waals surface area contributed by atoms with E-state index >= 15 is 0 Å². The molecule has 0 amide bonds. The van der Waals surface area contributed by atoms with Gasteiger partial charge in [0.2, 0.25) is 5.60 Å². The van der Waals surface area contributed by atoms with Crippen molar-refractivity contribution in [3.63, 3.8) is 0 Å². The van der Waals surface area contributed by atoms with Crippen molar-refractivity contribution in [2.45, 2.75) is 32.8 Å². The summed E-state index contributed by atoms with van der Waals surface area (Å²) in [7, 11) is 0. The molecule has 4 nitrogen and oxygen atoms in total. The van der Waals surface area contributed by atoms with E-state index < -0.39 is 11.6 Å². The Morgan fingerprint density at radius 2 is 1.86 bits per heavy atom. The first-order valence-corrected chi connectivity index (χ1v) is 7.17. The van der Waals surface area contributed by atoms with Gasteiger partial charge in [0.1, 0.15) is 0 Å². The average molecular weight is 287 g/mol. The molecule has 2 aromatic rings. The number of rotatable bonds is 5. The molecule has 0 unspecified atom stereocenters. The number of aliphatic hydroxyl groups is 1. The van der Waals surface area contributed by atoms with Gasteiger partial charge in [-0.05, 0) is 32.4 Å². The molecule has 1 aromatic carbocycles. The van der Waals surface area contributed by atoms with Gasteiger partial charge in [-0.1, -0.05) is 36.8 Å². The van der Waals surface area contributed by atoms with Crippen LogP contribution in [-0.4, -0.2) is 22.7 Å². The van der Waals surface area contributed by atoms with Gasteiger partial charge in [0.25, 0.3) is 0 Å². The van der Waals surface area contributed by atoms with Crippen LogP contribution in [0.15, 0.2) is 36.4 Å². The molecule has 0 spiro atoms. The Kier molecular flexibility index (Phi) is 4.48. The highest BCUT2D eigenvalue weighted by molar-refractivity contribution is 5.84. The highest BCUT2D eigenvalue weighted by Crippen LogP contribution is 2.31. The minimum Gasteiger partial charge on any atom is -0.463 e. The number of aryl methyl sites for hydroxylation is 2. The second-order valence-corrected chi connectivity index (χ2v) is 5.05. The van der Waals surface area contributed by atoms with Gasteiger partial charge in [-0.2, -0.15) is 0 Å². The van der Waals surface area contributed by atoms with Crippen LogP contribution in [0.2, 0.25) is 0 Å². The topological polar surface area (TPSA) is 62.3 Å². The van der Waals surface area contributed by atoms with Crippen LogP contribution in [0.1, 0.15) is 36.4 Å². The Balaban J connectivity index is 2.53. The van der Waals surface area contributed by atoms with E-state index in [9.17, 15) is 9.90 Å². The number of benzene rings is 1. The van der Waals surface area contributed by atoms with Crippen LogP contribution < -0.4 is 0 Å². The van der Waals surface area contributed by atoms with Gasteiger partial charge in [0.15, 0.2) is 0 Å². The second kappa shape index (κ2) is 6.14. The first-order valence-electron chi connectivity index (χ1n) is 7.17. The molecule has 1 aromatic heterocycles. The third kappa shape index (κ3) is 2.85. The number of hydrogen-bond donors (Lipinski definition) is 2. The lowest BCUT2D eigenvalue weighted by Crippen LogP contribution is -2.39. The Morgan fingerprint density at radius 1 is 1.19 bits per heavy atom. The zero-order valence-corrected chi connectivity index (χ0v) is 12.6. The van der Waals surface area contributed by atoms with Crippen LogP contribution in [0.25, 0.3) is 0 Å². The second-order valence-electron chi connectivity index (χ2n) is 5.05. The molecule has 0 aliphatic rings. The molecule has 0 saturated carbocycles. The molecule has 2 rings (SSSR count). The summed E-state index contributed by atoms with van der Waals surface area (Å²) in [5.74, 6) is -0.668. The maximum atomic E-state index is 12.4. The SMILES string of the molecule is CCOC(=O)[C@@](O)(c1ccc(C)cc1)c1ccc(CC)[nH]1. The highest BCUT2D eigenvalue weighted by Gasteiger charge is 2.42. The van der Waals surface area contributed by atoms with E-state index in [0.29, 0.717) is 11.3 Å². The lowest BCUT2D eigenvalue weighted by molar-refractivity contribution is -0.161. The molecule has 0 fully saturated rings. The van der Waals surface area contributed by atoms with Crippen molar-refractivity contribution in [1.29, 1.82) is 0 Å². The first-order chi connectivity index (χ1) is 10.0. The molecule has 21 heavy (non-hydrogen) atoms. The normalized spacial score (nSPS) is 13.7. The Morgan fingerprint density at radius 3 is 2.38 bits per heavy atom. The van der Waals surface area contributed by atoms with Crippen molar-refractivity contribution in [2.24, 2.45) is 0 Å². The van der Waals surface area contributed by atoms with E-state index in [1.165, 1.54) is 0 Å². The summed E-state index contributed by atoms with van der Waals surface area (Å²) in [6, 6.07) is 10.8. The van der Waals surface area contributed by atoms with Crippen LogP contribution in [-0.2, 0) is 21.6 Å². The maximum absolute atomic E-state index is 12.4. The summed E-state index contributed by atoms with van der Waals surface area (Å²) in [5.41, 5.74) is 1.14. The summed E-state index contributed by atoms with van der Waals surface area (Å²) in [4.78, 5) is 15.5. The number of carbonyl (C=O) groups excluding carboxylic acids is 1. The van der Waals surface area contributed by atoms with Crippen molar-refractivity contribution in [3.05, 3.63) is 58.9 Å². The smallest absolute Gasteiger partial charge is 0.349 e. The Bertz CT molecular complexity index is 615. The zero-order chi connectivity index (χ0) is 15.5. The lowest BCUT2D eigenvalue weighted by atomic mass is 9.90. The quantitative estimate of drug-likeness (QED) is 0.831. The molecule has 1 heterocycles. The van der Waals surface area contributed by atoms with E-state index in [0.717, 1.165) is 17.7 Å². The minimum absolute atomic E-state index is 0.217. The van der Waals surface area contributed by atoms with Gasteiger partial charge in [0.05, 0.1) is 12.3 Å². The number of aromatic amines is 1. The molecular formula is C17H21NO3. The van der Waals surface area contributed by atoms with Crippen molar-refractivity contribution >= 4 is 5.97 Å². The fraction of sp³-hybridized carbons (Fsp3) is 0.353. The van der Waals surface area contributed by atoms with Gasteiger partial charge in [0, 0.05) is 11.3 Å². The number of aromatic nitrogens is 1. The van der Waals surface area contributed by atoms with Crippen LogP contribution in [0, 0.1) is 6.92 Å². The van der Waals surface area contributed by atoms with E-state index in [1.54, 1.807) is 25.1 Å². The number of esters is 1. The number of carbonyl (C=O) groups is 1. The Hall–Kier alpha value is -2.07. The van der Waals surface area contributed by atoms with Crippen molar-refractivity contribution in [2.75, 3.05) is 6.61 Å². The standard InChI is InChI=1S/C17H21NO3/c1-4-14-10-11-15(18-14)17(20,16(19)21-5-2)13-8-6-12(3)7-9-13/h6-11,18,20H,4-5H2,1-3H3/t17-/m1/s1. The third-order valence-electron chi connectivity index (χ3n) is 3.56. The number of hydrogen-bond acceptors (Lipinski definition) is 3. The molecule has 2 N–H and O–H groups in total. The fourth-order valence-corrected chi connectivity index (χ4v) is 2.27. The lowest BCUT2D eigenvalue weighted by Gasteiger charge is -2.25. The molecule has 112 valence electrons. The van der Waals surface area contributed by atoms with Gasteiger partial charge in [-0.25, -0.2) is 4.79 Å². The van der Waals surface area contributed by atoms with Gasteiger partial charge >= 0.3 is 5.97 Å². The van der Waals surface area contributed by atoms with Crippen molar-refractivity contribution in [3.8, 4) is 0 Å². The van der Waals surface area contributed by atoms with Gasteiger partial charge < -0.3 is 14.8 Å². The monoisotopic (exact) mass is 287 g/mol. The molecule has 0 saturated heterocycles. The molecule has 1 atom stereocenters. The predicted octanol–water partition coefficient (Wildman–Crippen LogP) is 2.68. The Labute approximate surface area is 124 Å². The van der Waals surface area contributed by atoms with E-state index in [-0.39, 0.29) is 6.61 Å². The summed E-state index contributed by atoms with van der Waals surface area (Å²) in [6.45, 7) is 5.90. The maximum Gasteiger partial charge on any atom is 0.349 e. The van der Waals surface area contributed by atoms with Gasteiger partial charge in [-0.15, -0.1) is 0 Å². The van der Waals surface area contributed by atoms with E-state index in [1.807, 2.05) is 32.0 Å². The summed E-state index contributed by atoms with van der Waals surface area (Å²) in [6.07, 6.45) is 0.798. The third-order valence-corrected chi connectivity index (χ3v) is 3.56. The minimum atomic E-state index is -1.81. The predicted molar refractivity (Wildman–Crippen MR) is 81.0 cm³/mol. The van der Waals surface area contributed by atoms with Crippen LogP contribution >= 0.6 is 0 Å². The average Bonchev–Trinajstić information content (AvgIpc) is 2.96. The van der Waals surface area contributed by atoms with Crippen molar-refractivity contribution < 1.29 is 14.6 Å². The number of ether oxygens (including phenoxy) is 1. The molecule has 0 aliphatic heterocycles. The largest absolute Gasteiger partial charge is 0.463 e. The molecule has 4 heteroatoms. The number of nitrogens with one attached hydrogen (secondary N) is 1. The van der Waals surface area contributed by atoms with Crippen LogP contribution in [0.4, 0.5) is 0 Å². The molecular weight excluding hydrogens is 266 g/mol. The van der Waals surface area contributed by atoms with E-state index in [2.05, 4.69) is 4.98 Å². The first kappa shape index (κ1) is 15.3. The van der Waals surface area contributed by atoms with Crippen LogP contribution in [0.5, 0.6) is 0 Å².